The molecule has 15 heavy (non-hydrogen) atoms. The number of hydrogen-bond acceptors (Lipinski definition) is 2. The van der Waals surface area contributed by atoms with Crippen LogP contribution in [0.15, 0.2) is 41.5 Å². The van der Waals surface area contributed by atoms with Gasteiger partial charge in [0.2, 0.25) is 0 Å². The van der Waals surface area contributed by atoms with Crippen LogP contribution in [-0.4, -0.2) is 19.4 Å². The Bertz CT molecular complexity index is 597. The van der Waals surface area contributed by atoms with Gasteiger partial charge in [-0.05, 0) is 28.1 Å². The summed E-state index contributed by atoms with van der Waals surface area (Å²) in [6.45, 7) is 0. The van der Waals surface area contributed by atoms with Gasteiger partial charge < -0.3 is 9.38 Å². The number of nitrogens with one attached hydrogen (secondary N) is 1. The molecule has 3 aromatic heterocycles. The Kier molecular flexibility index (Phi) is 1.85. The van der Waals surface area contributed by atoms with E-state index in [2.05, 4.69) is 30.9 Å². The number of fused-ring (bicyclic) bond motifs is 1. The van der Waals surface area contributed by atoms with Gasteiger partial charge in [-0.1, -0.05) is 0 Å². The SMILES string of the molecule is Brc1ccc2c(-c3ncc[nH]3)ncn2c1. The fourth-order valence-corrected chi connectivity index (χ4v) is 1.90. The highest BCUT2D eigenvalue weighted by Crippen LogP contribution is 2.21. The van der Waals surface area contributed by atoms with Crippen molar-refractivity contribution in [2.75, 3.05) is 0 Å². The summed E-state index contributed by atoms with van der Waals surface area (Å²) in [6, 6.07) is 4.00. The van der Waals surface area contributed by atoms with Crippen molar-refractivity contribution in [3.05, 3.63) is 41.5 Å². The molecule has 0 saturated carbocycles. The van der Waals surface area contributed by atoms with E-state index in [1.165, 1.54) is 0 Å². The highest BCUT2D eigenvalue weighted by Gasteiger charge is 2.08. The molecule has 0 unspecified atom stereocenters. The van der Waals surface area contributed by atoms with Gasteiger partial charge in [0, 0.05) is 23.1 Å². The number of pyridine rings is 1. The zero-order valence-electron chi connectivity index (χ0n) is 7.68. The van der Waals surface area contributed by atoms with Crippen LogP contribution >= 0.6 is 15.9 Å². The lowest BCUT2D eigenvalue weighted by molar-refractivity contribution is 1.14. The zero-order chi connectivity index (χ0) is 10.3. The molecule has 1 N–H and O–H groups in total. The second-order valence-corrected chi connectivity index (χ2v) is 4.09. The fourth-order valence-electron chi connectivity index (χ4n) is 1.55. The van der Waals surface area contributed by atoms with Crippen molar-refractivity contribution in [2.45, 2.75) is 0 Å². The second-order valence-electron chi connectivity index (χ2n) is 3.17. The lowest BCUT2D eigenvalue weighted by Gasteiger charge is -1.96. The van der Waals surface area contributed by atoms with E-state index in [1.54, 1.807) is 18.7 Å². The molecule has 0 aliphatic carbocycles. The normalized spacial score (nSPS) is 11.0. The van der Waals surface area contributed by atoms with Gasteiger partial charge >= 0.3 is 0 Å². The van der Waals surface area contributed by atoms with Gasteiger partial charge in [-0.2, -0.15) is 0 Å². The number of aromatic nitrogens is 4. The first-order chi connectivity index (χ1) is 7.34. The number of aromatic amines is 1. The standard InChI is InChI=1S/C10H7BrN4/c11-7-1-2-8-9(10-12-3-4-13-10)14-6-15(8)5-7/h1-6H,(H,12,13). The van der Waals surface area contributed by atoms with Crippen molar-refractivity contribution in [2.24, 2.45) is 0 Å². The predicted octanol–water partition coefficient (Wildman–Crippen LogP) is 2.49. The largest absolute Gasteiger partial charge is 0.343 e. The van der Waals surface area contributed by atoms with Crippen molar-refractivity contribution < 1.29 is 0 Å². The maximum Gasteiger partial charge on any atom is 0.158 e. The summed E-state index contributed by atoms with van der Waals surface area (Å²) in [5, 5.41) is 0. The van der Waals surface area contributed by atoms with Gasteiger partial charge in [0.25, 0.3) is 0 Å². The Balaban J connectivity index is 2.29. The lowest BCUT2D eigenvalue weighted by Crippen LogP contribution is -1.83. The summed E-state index contributed by atoms with van der Waals surface area (Å²) in [6.07, 6.45) is 7.26. The minimum Gasteiger partial charge on any atom is -0.343 e. The molecular formula is C10H7BrN4. The Morgan fingerprint density at radius 2 is 2.20 bits per heavy atom. The number of hydrogen-bond donors (Lipinski definition) is 1. The van der Waals surface area contributed by atoms with Crippen LogP contribution in [0.5, 0.6) is 0 Å². The van der Waals surface area contributed by atoms with Gasteiger partial charge in [0.1, 0.15) is 12.0 Å². The number of H-pyrrole nitrogens is 1. The van der Waals surface area contributed by atoms with Gasteiger partial charge in [0.15, 0.2) is 5.82 Å². The number of rotatable bonds is 1. The number of nitrogens with zero attached hydrogens (tertiary/aromatic N) is 3. The molecular weight excluding hydrogens is 256 g/mol. The van der Waals surface area contributed by atoms with Crippen molar-refractivity contribution >= 4 is 21.4 Å². The molecule has 0 aromatic carbocycles. The maximum atomic E-state index is 4.33. The van der Waals surface area contributed by atoms with Crippen LogP contribution in [-0.2, 0) is 0 Å². The van der Waals surface area contributed by atoms with Crippen LogP contribution in [0.1, 0.15) is 0 Å². The topological polar surface area (TPSA) is 46.0 Å². The van der Waals surface area contributed by atoms with Crippen molar-refractivity contribution in [3.8, 4) is 11.5 Å². The lowest BCUT2D eigenvalue weighted by atomic mass is 10.3. The molecule has 0 aliphatic heterocycles. The molecule has 4 nitrogen and oxygen atoms in total. The smallest absolute Gasteiger partial charge is 0.158 e. The summed E-state index contributed by atoms with van der Waals surface area (Å²) in [5.41, 5.74) is 1.90. The third-order valence-corrected chi connectivity index (χ3v) is 2.69. The van der Waals surface area contributed by atoms with Crippen LogP contribution in [0.25, 0.3) is 17.0 Å². The third kappa shape index (κ3) is 1.35. The van der Waals surface area contributed by atoms with Crippen molar-refractivity contribution in [3.63, 3.8) is 0 Å². The monoisotopic (exact) mass is 262 g/mol. The summed E-state index contributed by atoms with van der Waals surface area (Å²) >= 11 is 3.42. The molecule has 3 heterocycles. The molecule has 0 atom stereocenters. The van der Waals surface area contributed by atoms with Gasteiger partial charge in [0.05, 0.1) is 5.52 Å². The quantitative estimate of drug-likeness (QED) is 0.733. The van der Waals surface area contributed by atoms with Crippen LogP contribution in [0.3, 0.4) is 0 Å². The van der Waals surface area contributed by atoms with Gasteiger partial charge in [-0.25, -0.2) is 9.97 Å². The molecule has 3 aromatic rings. The first kappa shape index (κ1) is 8.67. The molecule has 0 bridgehead atoms. The third-order valence-electron chi connectivity index (χ3n) is 2.22. The fraction of sp³-hybridized carbons (Fsp3) is 0. The van der Waals surface area contributed by atoms with Crippen LogP contribution in [0, 0.1) is 0 Å². The Labute approximate surface area is 94.1 Å². The summed E-state index contributed by atoms with van der Waals surface area (Å²) in [4.78, 5) is 11.6. The average Bonchev–Trinajstić information content (AvgIpc) is 2.82. The zero-order valence-corrected chi connectivity index (χ0v) is 9.27. The van der Waals surface area contributed by atoms with E-state index < -0.39 is 0 Å². The predicted molar refractivity (Wildman–Crippen MR) is 60.5 cm³/mol. The molecule has 0 saturated heterocycles. The highest BCUT2D eigenvalue weighted by molar-refractivity contribution is 9.10. The molecule has 0 fully saturated rings. The summed E-state index contributed by atoms with van der Waals surface area (Å²) in [7, 11) is 0. The van der Waals surface area contributed by atoms with Gasteiger partial charge in [-0.15, -0.1) is 0 Å². The Morgan fingerprint density at radius 1 is 1.27 bits per heavy atom. The van der Waals surface area contributed by atoms with E-state index in [-0.39, 0.29) is 0 Å². The van der Waals surface area contributed by atoms with E-state index >= 15 is 0 Å². The minimum absolute atomic E-state index is 0.792. The van der Waals surface area contributed by atoms with Crippen molar-refractivity contribution in [1.82, 2.24) is 19.4 Å². The average molecular weight is 263 g/mol. The molecule has 0 amide bonds. The first-order valence-corrected chi connectivity index (χ1v) is 5.26. The maximum absolute atomic E-state index is 4.33. The summed E-state index contributed by atoms with van der Waals surface area (Å²) < 4.78 is 2.99. The molecule has 0 radical (unpaired) electrons. The van der Waals surface area contributed by atoms with E-state index in [4.69, 9.17) is 0 Å². The van der Waals surface area contributed by atoms with Crippen LogP contribution < -0.4 is 0 Å². The van der Waals surface area contributed by atoms with Crippen molar-refractivity contribution in [1.29, 1.82) is 0 Å². The molecule has 0 aliphatic rings. The first-order valence-electron chi connectivity index (χ1n) is 4.46. The van der Waals surface area contributed by atoms with E-state index in [0.29, 0.717) is 0 Å². The second kappa shape index (κ2) is 3.20. The number of imidazole rings is 2. The van der Waals surface area contributed by atoms with E-state index in [9.17, 15) is 0 Å². The number of halogens is 1. The highest BCUT2D eigenvalue weighted by atomic mass is 79.9. The Hall–Kier alpha value is -1.62. The molecule has 3 rings (SSSR count). The molecule has 0 spiro atoms. The molecule has 5 heteroatoms. The van der Waals surface area contributed by atoms with E-state index in [1.807, 2.05) is 22.7 Å². The summed E-state index contributed by atoms with van der Waals surface area (Å²) in [5.74, 6) is 0.792. The Morgan fingerprint density at radius 3 is 3.00 bits per heavy atom. The minimum atomic E-state index is 0.792. The van der Waals surface area contributed by atoms with Gasteiger partial charge in [-0.3, -0.25) is 0 Å². The molecule has 74 valence electrons. The van der Waals surface area contributed by atoms with Crippen LogP contribution in [0.4, 0.5) is 0 Å². The van der Waals surface area contributed by atoms with Crippen LogP contribution in [0.2, 0.25) is 0 Å². The van der Waals surface area contributed by atoms with E-state index in [0.717, 1.165) is 21.5 Å².